The second kappa shape index (κ2) is 9.38. The van der Waals surface area contributed by atoms with E-state index >= 15 is 0 Å². The van der Waals surface area contributed by atoms with E-state index in [0.717, 1.165) is 21.4 Å². The van der Waals surface area contributed by atoms with Gasteiger partial charge in [-0.2, -0.15) is 0 Å². The molecule has 10 heteroatoms. The van der Waals surface area contributed by atoms with Gasteiger partial charge in [0.1, 0.15) is 11.5 Å². The molecular formula is C28H23N3O6S. The fraction of sp³-hybridized carbons (Fsp3) is 0.179. The number of nitro groups is 1. The highest BCUT2D eigenvalue weighted by atomic mass is 32.1. The molecule has 1 saturated heterocycles. The third-order valence-corrected chi connectivity index (χ3v) is 7.56. The number of hydrogen-bond donors (Lipinski definition) is 1. The molecule has 38 heavy (non-hydrogen) atoms. The number of carbonyl (C=O) groups excluding carboxylic acids is 2. The highest BCUT2D eigenvalue weighted by Crippen LogP contribution is 2.45. The Morgan fingerprint density at radius 3 is 2.39 bits per heavy atom. The van der Waals surface area contributed by atoms with E-state index in [9.17, 15) is 24.8 Å². The fourth-order valence-corrected chi connectivity index (χ4v) is 5.94. The standard InChI is InChI=1S/C28H23N3O6S/c1-14-11-16(3)23-21(12-14)38-28(29-23)30-24(17-5-8-19(9-6-17)31(35)36)22(26(33)27(30)34)25(32)18-7-10-20(37-4)15(2)13-18/h5-13,24,32H,1-4H3/t24-/m1/s1. The van der Waals surface area contributed by atoms with Crippen molar-refractivity contribution in [3.8, 4) is 5.75 Å². The topological polar surface area (TPSA) is 123 Å². The van der Waals surface area contributed by atoms with E-state index in [-0.39, 0.29) is 17.0 Å². The van der Waals surface area contributed by atoms with Crippen molar-refractivity contribution in [1.29, 1.82) is 0 Å². The van der Waals surface area contributed by atoms with Crippen LogP contribution in [0.5, 0.6) is 5.75 Å². The molecule has 0 spiro atoms. The lowest BCUT2D eigenvalue weighted by Gasteiger charge is -2.23. The normalized spacial score (nSPS) is 16.8. The minimum atomic E-state index is -1.04. The first-order valence-corrected chi connectivity index (χ1v) is 12.5. The van der Waals surface area contributed by atoms with E-state index in [2.05, 4.69) is 4.98 Å². The van der Waals surface area contributed by atoms with Gasteiger partial charge < -0.3 is 9.84 Å². The van der Waals surface area contributed by atoms with E-state index in [4.69, 9.17) is 4.74 Å². The van der Waals surface area contributed by atoms with Crippen LogP contribution in [-0.4, -0.2) is 33.8 Å². The van der Waals surface area contributed by atoms with Crippen LogP contribution in [0.25, 0.3) is 16.0 Å². The molecule has 0 saturated carbocycles. The maximum atomic E-state index is 13.5. The summed E-state index contributed by atoms with van der Waals surface area (Å²) in [7, 11) is 1.53. The van der Waals surface area contributed by atoms with Crippen molar-refractivity contribution in [1.82, 2.24) is 4.98 Å². The molecule has 3 aromatic carbocycles. The number of thiazole rings is 1. The molecule has 1 N–H and O–H groups in total. The Kier molecular flexibility index (Phi) is 6.20. The summed E-state index contributed by atoms with van der Waals surface area (Å²) in [6, 6.07) is 13.4. The van der Waals surface area contributed by atoms with E-state index in [0.29, 0.717) is 27.5 Å². The van der Waals surface area contributed by atoms with Gasteiger partial charge in [0.25, 0.3) is 11.5 Å². The first-order chi connectivity index (χ1) is 18.1. The summed E-state index contributed by atoms with van der Waals surface area (Å²) in [6.07, 6.45) is 0. The molecule has 0 radical (unpaired) electrons. The number of non-ortho nitro benzene ring substituents is 1. The number of Topliss-reactive ketones (excluding diaryl/α,β-unsaturated/α-hetero) is 1. The molecule has 1 aliphatic heterocycles. The number of aryl methyl sites for hydroxylation is 3. The molecule has 0 unspecified atom stereocenters. The summed E-state index contributed by atoms with van der Waals surface area (Å²) in [4.78, 5) is 43.6. The van der Waals surface area contributed by atoms with Gasteiger partial charge in [-0.15, -0.1) is 0 Å². The number of anilines is 1. The number of methoxy groups -OCH3 is 1. The van der Waals surface area contributed by atoms with Crippen molar-refractivity contribution < 1.29 is 24.4 Å². The minimum Gasteiger partial charge on any atom is -0.507 e. The highest BCUT2D eigenvalue weighted by molar-refractivity contribution is 7.22. The third-order valence-electron chi connectivity index (χ3n) is 6.56. The van der Waals surface area contributed by atoms with Crippen molar-refractivity contribution in [2.45, 2.75) is 26.8 Å². The molecule has 1 amide bonds. The van der Waals surface area contributed by atoms with Crippen LogP contribution in [0.1, 0.15) is 33.9 Å². The molecule has 9 nitrogen and oxygen atoms in total. The summed E-state index contributed by atoms with van der Waals surface area (Å²) < 4.78 is 6.15. The molecule has 4 aromatic rings. The van der Waals surface area contributed by atoms with Gasteiger partial charge in [0, 0.05) is 17.7 Å². The molecule has 2 heterocycles. The quantitative estimate of drug-likeness (QED) is 0.115. The van der Waals surface area contributed by atoms with Crippen molar-refractivity contribution >= 4 is 49.8 Å². The molecular weight excluding hydrogens is 506 g/mol. The van der Waals surface area contributed by atoms with E-state index in [1.54, 1.807) is 25.1 Å². The number of fused-ring (bicyclic) bond motifs is 1. The molecule has 1 aliphatic rings. The Labute approximate surface area is 221 Å². The van der Waals surface area contributed by atoms with Gasteiger partial charge in [-0.05, 0) is 79.4 Å². The van der Waals surface area contributed by atoms with Gasteiger partial charge in [0.15, 0.2) is 5.13 Å². The van der Waals surface area contributed by atoms with Crippen LogP contribution in [0.3, 0.4) is 0 Å². The maximum absolute atomic E-state index is 13.5. The van der Waals surface area contributed by atoms with Crippen molar-refractivity contribution in [3.05, 3.63) is 98.1 Å². The van der Waals surface area contributed by atoms with E-state index < -0.39 is 22.7 Å². The van der Waals surface area contributed by atoms with Gasteiger partial charge in [0.05, 0.1) is 33.9 Å². The number of ether oxygens (including phenoxy) is 1. The number of aliphatic hydroxyl groups excluding tert-OH is 1. The molecule has 5 rings (SSSR count). The number of hydrogen-bond acceptors (Lipinski definition) is 8. The summed E-state index contributed by atoms with van der Waals surface area (Å²) >= 11 is 1.26. The van der Waals surface area contributed by atoms with Gasteiger partial charge in [-0.25, -0.2) is 4.98 Å². The number of nitrogens with zero attached hydrogens (tertiary/aromatic N) is 3. The van der Waals surface area contributed by atoms with E-state index in [1.165, 1.54) is 47.6 Å². The van der Waals surface area contributed by atoms with Crippen molar-refractivity contribution in [3.63, 3.8) is 0 Å². The molecule has 192 valence electrons. The summed E-state index contributed by atoms with van der Waals surface area (Å²) in [5.41, 5.74) is 3.91. The number of rotatable bonds is 5. The fourth-order valence-electron chi connectivity index (χ4n) is 4.77. The largest absolute Gasteiger partial charge is 0.507 e. The Bertz CT molecular complexity index is 1670. The van der Waals surface area contributed by atoms with Crippen LogP contribution in [0, 0.1) is 30.9 Å². The van der Waals surface area contributed by atoms with Crippen LogP contribution in [0.15, 0.2) is 60.2 Å². The van der Waals surface area contributed by atoms with Gasteiger partial charge in [0.2, 0.25) is 0 Å². The third kappa shape index (κ3) is 4.08. The molecule has 0 aliphatic carbocycles. The lowest BCUT2D eigenvalue weighted by Crippen LogP contribution is -2.29. The monoisotopic (exact) mass is 529 g/mol. The number of aromatic nitrogens is 1. The zero-order chi connectivity index (χ0) is 27.3. The highest BCUT2D eigenvalue weighted by Gasteiger charge is 2.48. The van der Waals surface area contributed by atoms with Crippen molar-refractivity contribution in [2.75, 3.05) is 12.0 Å². The number of carbonyl (C=O) groups is 2. The number of aliphatic hydroxyl groups is 1. The van der Waals surface area contributed by atoms with Crippen molar-refractivity contribution in [2.24, 2.45) is 0 Å². The Morgan fingerprint density at radius 1 is 1.05 bits per heavy atom. The number of amides is 1. The average molecular weight is 530 g/mol. The second-order valence-electron chi connectivity index (χ2n) is 9.13. The van der Waals surface area contributed by atoms with Crippen LogP contribution in [-0.2, 0) is 9.59 Å². The summed E-state index contributed by atoms with van der Waals surface area (Å²) in [5.74, 6) is -1.46. The first-order valence-electron chi connectivity index (χ1n) is 11.7. The lowest BCUT2D eigenvalue weighted by molar-refractivity contribution is -0.384. The minimum absolute atomic E-state index is 0.124. The Balaban J connectivity index is 1.73. The van der Waals surface area contributed by atoms with Crippen LogP contribution in [0.4, 0.5) is 10.8 Å². The Morgan fingerprint density at radius 2 is 1.76 bits per heavy atom. The predicted molar refractivity (Wildman–Crippen MR) is 145 cm³/mol. The zero-order valence-corrected chi connectivity index (χ0v) is 21.8. The average Bonchev–Trinajstić information content (AvgIpc) is 3.42. The zero-order valence-electron chi connectivity index (χ0n) is 21.0. The van der Waals surface area contributed by atoms with Gasteiger partial charge in [-0.3, -0.25) is 24.6 Å². The van der Waals surface area contributed by atoms with E-state index in [1.807, 2.05) is 26.0 Å². The summed E-state index contributed by atoms with van der Waals surface area (Å²) in [5, 5.41) is 22.9. The molecule has 1 fully saturated rings. The number of benzene rings is 3. The smallest absolute Gasteiger partial charge is 0.301 e. The lowest BCUT2D eigenvalue weighted by atomic mass is 9.94. The SMILES string of the molecule is COc1ccc(C(O)=C2C(=O)C(=O)N(c3nc4c(C)cc(C)cc4s3)[C@@H]2c2ccc([N+](=O)[O-])cc2)cc1C. The Hall–Kier alpha value is -4.57. The predicted octanol–water partition coefficient (Wildman–Crippen LogP) is 5.76. The second-order valence-corrected chi connectivity index (χ2v) is 10.1. The molecule has 1 atom stereocenters. The molecule has 1 aromatic heterocycles. The van der Waals surface area contributed by atoms with Gasteiger partial charge in [-0.1, -0.05) is 17.4 Å². The number of ketones is 1. The summed E-state index contributed by atoms with van der Waals surface area (Å²) in [6.45, 7) is 5.69. The van der Waals surface area contributed by atoms with Crippen LogP contribution < -0.4 is 9.64 Å². The van der Waals surface area contributed by atoms with Gasteiger partial charge >= 0.3 is 5.91 Å². The van der Waals surface area contributed by atoms with Crippen LogP contribution in [0.2, 0.25) is 0 Å². The maximum Gasteiger partial charge on any atom is 0.301 e. The number of nitro benzene ring substituents is 1. The van der Waals surface area contributed by atoms with Crippen LogP contribution >= 0.6 is 11.3 Å². The molecule has 0 bridgehead atoms. The first kappa shape index (κ1) is 25.1.